The molecule has 2 aromatic heterocycles. The fourth-order valence-corrected chi connectivity index (χ4v) is 4.75. The van der Waals surface area contributed by atoms with Gasteiger partial charge in [-0.3, -0.25) is 9.59 Å². The largest absolute Gasteiger partial charge is 0.339 e. The maximum absolute atomic E-state index is 12.6. The number of amides is 2. The molecule has 0 unspecified atom stereocenters. The van der Waals surface area contributed by atoms with E-state index in [1.807, 2.05) is 64.2 Å². The Morgan fingerprint density at radius 2 is 1.86 bits per heavy atom. The summed E-state index contributed by atoms with van der Waals surface area (Å²) in [5.74, 6) is -0.108. The van der Waals surface area contributed by atoms with E-state index in [4.69, 9.17) is 0 Å². The quantitative estimate of drug-likeness (QED) is 0.602. The highest BCUT2D eigenvalue weighted by molar-refractivity contribution is 7.16. The number of anilines is 1. The standard InChI is InChI=1S/C22H21N3O2S2/c26-20(9-8-16-5-2-1-3-6-16)25-12-10-17(11-13-25)21(27)24-22-23-18(15-29-22)19-7-4-14-28-19/h1-9,14-15,17H,10-13H2,(H,23,24,27). The molecule has 4 rings (SSSR count). The average Bonchev–Trinajstić information content (AvgIpc) is 3.45. The van der Waals surface area contributed by atoms with E-state index in [0.717, 1.165) is 16.1 Å². The minimum atomic E-state index is -0.0914. The third kappa shape index (κ3) is 4.99. The van der Waals surface area contributed by atoms with E-state index in [1.54, 1.807) is 17.4 Å². The highest BCUT2D eigenvalue weighted by Gasteiger charge is 2.27. The van der Waals surface area contributed by atoms with E-state index in [2.05, 4.69) is 10.3 Å². The predicted octanol–water partition coefficient (Wildman–Crippen LogP) is 4.76. The average molecular weight is 424 g/mol. The molecule has 148 valence electrons. The van der Waals surface area contributed by atoms with E-state index < -0.39 is 0 Å². The van der Waals surface area contributed by atoms with Crippen LogP contribution in [0, 0.1) is 5.92 Å². The van der Waals surface area contributed by atoms with Gasteiger partial charge in [-0.1, -0.05) is 36.4 Å². The second-order valence-corrected chi connectivity index (χ2v) is 8.65. The van der Waals surface area contributed by atoms with E-state index >= 15 is 0 Å². The van der Waals surface area contributed by atoms with Crippen LogP contribution in [0.1, 0.15) is 18.4 Å². The van der Waals surface area contributed by atoms with Crippen molar-refractivity contribution in [1.82, 2.24) is 9.88 Å². The van der Waals surface area contributed by atoms with Crippen LogP contribution in [0.2, 0.25) is 0 Å². The van der Waals surface area contributed by atoms with Gasteiger partial charge in [0, 0.05) is 30.5 Å². The van der Waals surface area contributed by atoms with Gasteiger partial charge in [0.2, 0.25) is 11.8 Å². The molecule has 1 fully saturated rings. The number of likely N-dealkylation sites (tertiary alicyclic amines) is 1. The summed E-state index contributed by atoms with van der Waals surface area (Å²) in [4.78, 5) is 32.4. The predicted molar refractivity (Wildman–Crippen MR) is 119 cm³/mol. The smallest absolute Gasteiger partial charge is 0.246 e. The number of nitrogens with one attached hydrogen (secondary N) is 1. The van der Waals surface area contributed by atoms with Crippen molar-refractivity contribution in [2.75, 3.05) is 18.4 Å². The van der Waals surface area contributed by atoms with Crippen LogP contribution in [0.5, 0.6) is 0 Å². The Morgan fingerprint density at radius 3 is 2.59 bits per heavy atom. The van der Waals surface area contributed by atoms with Crippen molar-refractivity contribution in [1.29, 1.82) is 0 Å². The molecule has 0 bridgehead atoms. The van der Waals surface area contributed by atoms with Crippen molar-refractivity contribution < 1.29 is 9.59 Å². The molecule has 0 spiro atoms. The maximum Gasteiger partial charge on any atom is 0.246 e. The molecule has 1 saturated heterocycles. The number of hydrogen-bond donors (Lipinski definition) is 1. The number of thiophene rings is 1. The van der Waals surface area contributed by atoms with Gasteiger partial charge in [0.05, 0.1) is 10.6 Å². The fraction of sp³-hybridized carbons (Fsp3) is 0.227. The lowest BCUT2D eigenvalue weighted by Crippen LogP contribution is -2.40. The molecule has 0 saturated carbocycles. The Morgan fingerprint density at radius 1 is 1.07 bits per heavy atom. The van der Waals surface area contributed by atoms with Crippen LogP contribution in [0.3, 0.4) is 0 Å². The van der Waals surface area contributed by atoms with Crippen molar-refractivity contribution in [2.45, 2.75) is 12.8 Å². The topological polar surface area (TPSA) is 62.3 Å². The Bertz CT molecular complexity index is 988. The summed E-state index contributed by atoms with van der Waals surface area (Å²) in [6.07, 6.45) is 4.77. The monoisotopic (exact) mass is 423 g/mol. The SMILES string of the molecule is O=C(Nc1nc(-c2cccs2)cs1)C1CCN(C(=O)C=Cc2ccccc2)CC1. The van der Waals surface area contributed by atoms with Gasteiger partial charge >= 0.3 is 0 Å². The highest BCUT2D eigenvalue weighted by Crippen LogP contribution is 2.29. The summed E-state index contributed by atoms with van der Waals surface area (Å²) < 4.78 is 0. The van der Waals surface area contributed by atoms with Gasteiger partial charge in [-0.2, -0.15) is 0 Å². The van der Waals surface area contributed by atoms with E-state index in [9.17, 15) is 9.59 Å². The van der Waals surface area contributed by atoms with Crippen molar-refractivity contribution in [3.05, 3.63) is 64.9 Å². The van der Waals surface area contributed by atoms with Gasteiger partial charge in [0.15, 0.2) is 5.13 Å². The molecular formula is C22H21N3O2S2. The lowest BCUT2D eigenvalue weighted by atomic mass is 9.96. The highest BCUT2D eigenvalue weighted by atomic mass is 32.1. The molecule has 0 aliphatic carbocycles. The number of thiazole rings is 1. The first-order chi connectivity index (χ1) is 14.2. The number of nitrogens with zero attached hydrogens (tertiary/aromatic N) is 2. The molecule has 29 heavy (non-hydrogen) atoms. The molecule has 0 radical (unpaired) electrons. The molecule has 7 heteroatoms. The first-order valence-electron chi connectivity index (χ1n) is 9.51. The first kappa shape index (κ1) is 19.5. The molecule has 1 aromatic carbocycles. The van der Waals surface area contributed by atoms with Gasteiger partial charge in [-0.05, 0) is 35.9 Å². The maximum atomic E-state index is 12.6. The number of hydrogen-bond acceptors (Lipinski definition) is 5. The van der Waals surface area contributed by atoms with E-state index in [0.29, 0.717) is 31.1 Å². The van der Waals surface area contributed by atoms with Crippen molar-refractivity contribution in [2.24, 2.45) is 5.92 Å². The molecule has 1 aliphatic heterocycles. The summed E-state index contributed by atoms with van der Waals surface area (Å²) in [7, 11) is 0. The lowest BCUT2D eigenvalue weighted by Gasteiger charge is -2.30. The number of piperidine rings is 1. The van der Waals surface area contributed by atoms with E-state index in [-0.39, 0.29) is 17.7 Å². The third-order valence-electron chi connectivity index (χ3n) is 4.90. The van der Waals surface area contributed by atoms with Crippen LogP contribution >= 0.6 is 22.7 Å². The second kappa shape index (κ2) is 9.15. The Hall–Kier alpha value is -2.77. The zero-order chi connectivity index (χ0) is 20.1. The molecule has 3 heterocycles. The Balaban J connectivity index is 1.27. The van der Waals surface area contributed by atoms with Crippen LogP contribution in [-0.2, 0) is 9.59 Å². The number of carbonyl (C=O) groups excluding carboxylic acids is 2. The zero-order valence-electron chi connectivity index (χ0n) is 15.8. The molecule has 2 amide bonds. The molecule has 1 N–H and O–H groups in total. The molecule has 1 aliphatic rings. The fourth-order valence-electron chi connectivity index (χ4n) is 3.28. The van der Waals surface area contributed by atoms with Gasteiger partial charge in [-0.25, -0.2) is 4.98 Å². The minimum absolute atomic E-state index is 0.00627. The van der Waals surface area contributed by atoms with Crippen molar-refractivity contribution in [3.8, 4) is 10.6 Å². The van der Waals surface area contributed by atoms with Crippen LogP contribution < -0.4 is 5.32 Å². The van der Waals surface area contributed by atoms with Crippen LogP contribution in [0.25, 0.3) is 16.6 Å². The molecule has 0 atom stereocenters. The normalized spacial score (nSPS) is 15.0. The summed E-state index contributed by atoms with van der Waals surface area (Å²) in [5, 5.41) is 7.54. The second-order valence-electron chi connectivity index (χ2n) is 6.85. The van der Waals surface area contributed by atoms with Crippen LogP contribution in [-0.4, -0.2) is 34.8 Å². The van der Waals surface area contributed by atoms with Gasteiger partial charge in [-0.15, -0.1) is 22.7 Å². The van der Waals surface area contributed by atoms with Gasteiger partial charge in [0.25, 0.3) is 0 Å². The van der Waals surface area contributed by atoms with E-state index in [1.165, 1.54) is 11.3 Å². The first-order valence-corrected chi connectivity index (χ1v) is 11.3. The van der Waals surface area contributed by atoms with Crippen LogP contribution in [0.4, 0.5) is 5.13 Å². The lowest BCUT2D eigenvalue weighted by molar-refractivity contribution is -0.130. The number of carbonyl (C=O) groups is 2. The summed E-state index contributed by atoms with van der Waals surface area (Å²) in [6.45, 7) is 1.18. The van der Waals surface area contributed by atoms with Crippen molar-refractivity contribution >= 4 is 45.7 Å². The number of aromatic nitrogens is 1. The summed E-state index contributed by atoms with van der Waals surface area (Å²) >= 11 is 3.07. The minimum Gasteiger partial charge on any atom is -0.339 e. The molecular weight excluding hydrogens is 402 g/mol. The molecule has 3 aromatic rings. The third-order valence-corrected chi connectivity index (χ3v) is 6.55. The zero-order valence-corrected chi connectivity index (χ0v) is 17.4. The summed E-state index contributed by atoms with van der Waals surface area (Å²) in [6, 6.07) is 13.8. The van der Waals surface area contributed by atoms with Gasteiger partial charge < -0.3 is 10.2 Å². The number of benzene rings is 1. The Kier molecular flexibility index (Phi) is 6.17. The number of rotatable bonds is 5. The molecule has 5 nitrogen and oxygen atoms in total. The summed E-state index contributed by atoms with van der Waals surface area (Å²) in [5.41, 5.74) is 1.89. The van der Waals surface area contributed by atoms with Crippen LogP contribution in [0.15, 0.2) is 59.3 Å². The van der Waals surface area contributed by atoms with Crippen molar-refractivity contribution in [3.63, 3.8) is 0 Å². The van der Waals surface area contributed by atoms with Gasteiger partial charge in [0.1, 0.15) is 0 Å². The Labute approximate surface area is 177 Å².